The average Bonchev–Trinajstić information content (AvgIpc) is 2.77. The highest BCUT2D eigenvalue weighted by molar-refractivity contribution is 14.0. The van der Waals surface area contributed by atoms with Crippen LogP contribution in [-0.4, -0.2) is 49.7 Å². The second-order valence-corrected chi connectivity index (χ2v) is 6.35. The van der Waals surface area contributed by atoms with Gasteiger partial charge < -0.3 is 15.0 Å². The van der Waals surface area contributed by atoms with Crippen molar-refractivity contribution in [1.29, 1.82) is 0 Å². The molecule has 3 fully saturated rings. The number of hydrogen-bond donors (Lipinski definition) is 1. The van der Waals surface area contributed by atoms with Gasteiger partial charge in [-0.3, -0.25) is 4.99 Å². The van der Waals surface area contributed by atoms with Crippen LogP contribution in [0.2, 0.25) is 0 Å². The van der Waals surface area contributed by atoms with Crippen molar-refractivity contribution in [1.82, 2.24) is 10.2 Å². The largest absolute Gasteiger partial charge is 0.381 e. The molecule has 1 N–H and O–H groups in total. The Bertz CT molecular complexity index is 338. The first kappa shape index (κ1) is 16.3. The van der Waals surface area contributed by atoms with Gasteiger partial charge in [0.25, 0.3) is 0 Å². The molecule has 0 amide bonds. The van der Waals surface area contributed by atoms with Crippen LogP contribution in [0.15, 0.2) is 4.99 Å². The summed E-state index contributed by atoms with van der Waals surface area (Å²) in [6, 6.07) is 0.677. The Morgan fingerprint density at radius 2 is 2.05 bits per heavy atom. The van der Waals surface area contributed by atoms with E-state index in [1.165, 1.54) is 51.6 Å². The van der Waals surface area contributed by atoms with Gasteiger partial charge in [-0.05, 0) is 50.9 Å². The molecule has 0 atom stereocenters. The van der Waals surface area contributed by atoms with Crippen molar-refractivity contribution in [2.24, 2.45) is 10.4 Å². The van der Waals surface area contributed by atoms with Crippen LogP contribution in [0.3, 0.4) is 0 Å². The highest BCUT2D eigenvalue weighted by Gasteiger charge is 2.40. The van der Waals surface area contributed by atoms with Crippen molar-refractivity contribution >= 4 is 29.9 Å². The Labute approximate surface area is 139 Å². The second kappa shape index (κ2) is 7.29. The Morgan fingerprint density at radius 1 is 1.30 bits per heavy atom. The van der Waals surface area contributed by atoms with Crippen LogP contribution >= 0.6 is 24.0 Å². The number of halogens is 1. The molecule has 4 nitrogen and oxygen atoms in total. The molecule has 5 heteroatoms. The molecule has 0 aromatic heterocycles. The summed E-state index contributed by atoms with van der Waals surface area (Å²) in [5.41, 5.74) is 0.508. The molecule has 1 aliphatic carbocycles. The Hall–Kier alpha value is -0.0400. The fourth-order valence-corrected chi connectivity index (χ4v) is 3.45. The third kappa shape index (κ3) is 3.59. The third-order valence-corrected chi connectivity index (χ3v) is 5.04. The summed E-state index contributed by atoms with van der Waals surface area (Å²) in [5.74, 6) is 1.16. The minimum atomic E-state index is 0. The number of aliphatic imine (C=N–C) groups is 1. The molecule has 1 spiro atoms. The predicted octanol–water partition coefficient (Wildman–Crippen LogP) is 2.62. The van der Waals surface area contributed by atoms with Gasteiger partial charge in [0.2, 0.25) is 0 Å². The zero-order valence-electron chi connectivity index (χ0n) is 12.6. The number of nitrogens with one attached hydrogen (secondary N) is 1. The molecule has 2 aliphatic heterocycles. The van der Waals surface area contributed by atoms with E-state index in [-0.39, 0.29) is 24.0 Å². The Balaban J connectivity index is 0.00000147. The van der Waals surface area contributed by atoms with E-state index >= 15 is 0 Å². The minimum absolute atomic E-state index is 0. The van der Waals surface area contributed by atoms with Crippen molar-refractivity contribution < 1.29 is 4.74 Å². The van der Waals surface area contributed by atoms with E-state index in [2.05, 4.69) is 17.1 Å². The van der Waals surface area contributed by atoms with E-state index < -0.39 is 0 Å². The van der Waals surface area contributed by atoms with Gasteiger partial charge in [-0.25, -0.2) is 0 Å². The quantitative estimate of drug-likeness (QED) is 0.445. The van der Waals surface area contributed by atoms with Crippen molar-refractivity contribution in [2.75, 3.05) is 32.8 Å². The lowest BCUT2D eigenvalue weighted by Gasteiger charge is -2.35. The van der Waals surface area contributed by atoms with Crippen LogP contribution in [0, 0.1) is 5.41 Å². The fraction of sp³-hybridized carbons (Fsp3) is 0.933. The standard InChI is InChI=1S/C15H27N3O.HI/c1-2-16-14(17-13-4-3-5-13)18-9-6-15(12-18)7-10-19-11-8-15;/h13H,2-12H2,1H3,(H,16,17);1H. The maximum absolute atomic E-state index is 5.53. The first-order chi connectivity index (χ1) is 9.31. The van der Waals surface area contributed by atoms with Gasteiger partial charge in [-0.1, -0.05) is 0 Å². The third-order valence-electron chi connectivity index (χ3n) is 5.04. The summed E-state index contributed by atoms with van der Waals surface area (Å²) in [7, 11) is 0. The van der Waals surface area contributed by atoms with Gasteiger partial charge in [0.15, 0.2) is 5.96 Å². The number of ether oxygens (including phenoxy) is 1. The highest BCUT2D eigenvalue weighted by atomic mass is 127. The zero-order chi connectivity index (χ0) is 13.1. The van der Waals surface area contributed by atoms with Gasteiger partial charge in [-0.2, -0.15) is 0 Å². The molecular formula is C15H28IN3O. The molecule has 1 saturated carbocycles. The van der Waals surface area contributed by atoms with E-state index in [0.717, 1.165) is 25.7 Å². The molecule has 0 radical (unpaired) electrons. The maximum atomic E-state index is 5.53. The van der Waals surface area contributed by atoms with Gasteiger partial charge in [0.05, 0.1) is 0 Å². The Kier molecular flexibility index (Phi) is 5.95. The molecule has 0 unspecified atom stereocenters. The number of nitrogens with zero attached hydrogens (tertiary/aromatic N) is 2. The van der Waals surface area contributed by atoms with Gasteiger partial charge in [0, 0.05) is 38.9 Å². The fourth-order valence-electron chi connectivity index (χ4n) is 3.45. The van der Waals surface area contributed by atoms with Crippen LogP contribution in [-0.2, 0) is 4.74 Å². The number of guanidine groups is 1. The molecule has 2 saturated heterocycles. The monoisotopic (exact) mass is 393 g/mol. The topological polar surface area (TPSA) is 36.9 Å². The van der Waals surface area contributed by atoms with E-state index in [0.29, 0.717) is 11.5 Å². The number of likely N-dealkylation sites (tertiary alicyclic amines) is 1. The molecule has 20 heavy (non-hydrogen) atoms. The second-order valence-electron chi connectivity index (χ2n) is 6.35. The van der Waals surface area contributed by atoms with Gasteiger partial charge in [0.1, 0.15) is 0 Å². The number of hydrogen-bond acceptors (Lipinski definition) is 2. The normalized spacial score (nSPS) is 26.2. The molecule has 3 rings (SSSR count). The van der Waals surface area contributed by atoms with Crippen molar-refractivity contribution in [3.8, 4) is 0 Å². The van der Waals surface area contributed by atoms with Crippen LogP contribution in [0.5, 0.6) is 0 Å². The molecule has 116 valence electrons. The summed E-state index contributed by atoms with van der Waals surface area (Å²) in [6.45, 7) is 7.24. The van der Waals surface area contributed by atoms with Crippen molar-refractivity contribution in [3.05, 3.63) is 0 Å². The van der Waals surface area contributed by atoms with Crippen LogP contribution < -0.4 is 5.32 Å². The minimum Gasteiger partial charge on any atom is -0.381 e. The lowest BCUT2D eigenvalue weighted by Crippen LogP contribution is -2.48. The SMILES string of the molecule is CCN=C(NC1CCC1)N1CCC2(CCOCC2)C1.I. The van der Waals surface area contributed by atoms with Gasteiger partial charge >= 0.3 is 0 Å². The predicted molar refractivity (Wildman–Crippen MR) is 92.8 cm³/mol. The lowest BCUT2D eigenvalue weighted by molar-refractivity contribution is 0.0217. The zero-order valence-corrected chi connectivity index (χ0v) is 14.9. The molecule has 0 aromatic carbocycles. The van der Waals surface area contributed by atoms with E-state index in [9.17, 15) is 0 Å². The van der Waals surface area contributed by atoms with Crippen LogP contribution in [0.1, 0.15) is 45.4 Å². The molecule has 3 aliphatic rings. The summed E-state index contributed by atoms with van der Waals surface area (Å²) < 4.78 is 5.53. The Morgan fingerprint density at radius 3 is 2.65 bits per heavy atom. The first-order valence-electron chi connectivity index (χ1n) is 7.95. The summed E-state index contributed by atoms with van der Waals surface area (Å²) in [5, 5.41) is 3.66. The van der Waals surface area contributed by atoms with Gasteiger partial charge in [-0.15, -0.1) is 24.0 Å². The maximum Gasteiger partial charge on any atom is 0.194 e. The van der Waals surface area contributed by atoms with E-state index in [4.69, 9.17) is 9.73 Å². The highest BCUT2D eigenvalue weighted by Crippen LogP contribution is 2.39. The molecule has 0 aromatic rings. The molecular weight excluding hydrogens is 365 g/mol. The first-order valence-corrected chi connectivity index (χ1v) is 7.95. The summed E-state index contributed by atoms with van der Waals surface area (Å²) in [6.07, 6.45) is 7.77. The van der Waals surface area contributed by atoms with E-state index in [1.807, 2.05) is 0 Å². The lowest BCUT2D eigenvalue weighted by atomic mass is 9.80. The smallest absolute Gasteiger partial charge is 0.194 e. The van der Waals surface area contributed by atoms with Crippen molar-refractivity contribution in [2.45, 2.75) is 51.5 Å². The molecule has 2 heterocycles. The van der Waals surface area contributed by atoms with Crippen LogP contribution in [0.4, 0.5) is 0 Å². The average molecular weight is 393 g/mol. The molecule has 0 bridgehead atoms. The summed E-state index contributed by atoms with van der Waals surface area (Å²) >= 11 is 0. The van der Waals surface area contributed by atoms with E-state index in [1.54, 1.807) is 0 Å². The summed E-state index contributed by atoms with van der Waals surface area (Å²) in [4.78, 5) is 7.20. The number of rotatable bonds is 2. The van der Waals surface area contributed by atoms with Crippen LogP contribution in [0.25, 0.3) is 0 Å². The van der Waals surface area contributed by atoms with Crippen molar-refractivity contribution in [3.63, 3.8) is 0 Å².